The summed E-state index contributed by atoms with van der Waals surface area (Å²) in [7, 11) is -1.61. The van der Waals surface area contributed by atoms with E-state index in [-0.39, 0.29) is 0 Å². The summed E-state index contributed by atoms with van der Waals surface area (Å²) in [5, 5.41) is 0. The fraction of sp³-hybridized carbons (Fsp3) is 0.500. The molecule has 0 N–H and O–H groups in total. The summed E-state index contributed by atoms with van der Waals surface area (Å²) in [6.45, 7) is 6.17. The van der Waals surface area contributed by atoms with Crippen LogP contribution in [0.15, 0.2) is 23.6 Å². The van der Waals surface area contributed by atoms with Crippen molar-refractivity contribution in [1.82, 2.24) is 0 Å². The van der Waals surface area contributed by atoms with Crippen molar-refractivity contribution >= 4 is 18.5 Å². The zero-order valence-corrected chi connectivity index (χ0v) is 8.65. The van der Waals surface area contributed by atoms with Gasteiger partial charge in [-0.15, -0.1) is 0 Å². The molecule has 0 radical (unpaired) electrons. The van der Waals surface area contributed by atoms with Gasteiger partial charge in [0.05, 0.1) is 0 Å². The van der Waals surface area contributed by atoms with Crippen LogP contribution in [0.2, 0.25) is 6.04 Å². The second-order valence-corrected chi connectivity index (χ2v) is 7.62. The largest absolute Gasteiger partial charge is 0.202 e. The minimum Gasteiger partial charge on any atom is -0.156 e. The second-order valence-electron chi connectivity index (χ2n) is 2.28. The molecule has 0 atom stereocenters. The highest BCUT2D eigenvalue weighted by molar-refractivity contribution is 7.25. The maximum absolute atomic E-state index is 6.29. The molecular weight excluding hydrogens is 160 g/mol. The Morgan fingerprint density at radius 3 is 1.80 bits per heavy atom. The van der Waals surface area contributed by atoms with Crippen LogP contribution in [0.3, 0.4) is 0 Å². The van der Waals surface area contributed by atoms with E-state index >= 15 is 0 Å². The SMILES string of the molecule is CC=C[Si](Cl)(C=CC)CC. The number of rotatable bonds is 3. The highest BCUT2D eigenvalue weighted by Crippen LogP contribution is 2.17. The maximum Gasteiger partial charge on any atom is 0.202 e. The van der Waals surface area contributed by atoms with Gasteiger partial charge >= 0.3 is 0 Å². The number of halogens is 1. The molecule has 0 nitrogen and oxygen atoms in total. The Morgan fingerprint density at radius 2 is 1.60 bits per heavy atom. The highest BCUT2D eigenvalue weighted by atomic mass is 35.6. The molecule has 0 spiro atoms. The Labute approximate surface area is 69.3 Å². The van der Waals surface area contributed by atoms with Gasteiger partial charge in [-0.05, 0) is 19.9 Å². The first-order valence-electron chi connectivity index (χ1n) is 3.65. The topological polar surface area (TPSA) is 0 Å². The van der Waals surface area contributed by atoms with Crippen LogP contribution in [0.25, 0.3) is 0 Å². The molecule has 10 heavy (non-hydrogen) atoms. The van der Waals surface area contributed by atoms with Crippen LogP contribution >= 0.6 is 11.1 Å². The van der Waals surface area contributed by atoms with Crippen molar-refractivity contribution in [3.05, 3.63) is 23.6 Å². The third kappa shape index (κ3) is 3.23. The predicted octanol–water partition coefficient (Wildman–Crippen LogP) is 3.42. The van der Waals surface area contributed by atoms with E-state index in [1.165, 1.54) is 0 Å². The Bertz CT molecular complexity index is 126. The molecule has 0 bridgehead atoms. The molecule has 0 aliphatic rings. The Hall–Kier alpha value is -0.0131. The average molecular weight is 175 g/mol. The fourth-order valence-corrected chi connectivity index (χ4v) is 3.29. The predicted molar refractivity (Wildman–Crippen MR) is 51.7 cm³/mol. The molecule has 0 fully saturated rings. The van der Waals surface area contributed by atoms with Crippen molar-refractivity contribution in [3.63, 3.8) is 0 Å². The molecule has 0 aromatic heterocycles. The highest BCUT2D eigenvalue weighted by Gasteiger charge is 2.19. The smallest absolute Gasteiger partial charge is 0.156 e. The van der Waals surface area contributed by atoms with Crippen LogP contribution in [0, 0.1) is 0 Å². The van der Waals surface area contributed by atoms with E-state index in [0.717, 1.165) is 6.04 Å². The summed E-state index contributed by atoms with van der Waals surface area (Å²) < 4.78 is 0. The van der Waals surface area contributed by atoms with Gasteiger partial charge in [0.2, 0.25) is 7.38 Å². The Kier molecular flexibility index (Phi) is 4.74. The quantitative estimate of drug-likeness (QED) is 0.455. The van der Waals surface area contributed by atoms with Crippen LogP contribution in [-0.4, -0.2) is 7.38 Å². The Morgan fingerprint density at radius 1 is 1.20 bits per heavy atom. The van der Waals surface area contributed by atoms with E-state index in [1.807, 2.05) is 26.0 Å². The van der Waals surface area contributed by atoms with Crippen LogP contribution < -0.4 is 0 Å². The first-order valence-corrected chi connectivity index (χ1v) is 7.02. The monoisotopic (exact) mass is 174 g/mol. The molecule has 0 aromatic rings. The first-order chi connectivity index (χ1) is 4.68. The van der Waals surface area contributed by atoms with Crippen molar-refractivity contribution in [1.29, 1.82) is 0 Å². The van der Waals surface area contributed by atoms with Gasteiger partial charge in [0.15, 0.2) is 0 Å². The lowest BCUT2D eigenvalue weighted by atomic mass is 10.8. The molecule has 0 heterocycles. The number of hydrogen-bond acceptors (Lipinski definition) is 0. The van der Waals surface area contributed by atoms with E-state index in [4.69, 9.17) is 11.1 Å². The van der Waals surface area contributed by atoms with Crippen molar-refractivity contribution in [2.24, 2.45) is 0 Å². The zero-order valence-electron chi connectivity index (χ0n) is 6.89. The van der Waals surface area contributed by atoms with E-state index < -0.39 is 7.38 Å². The molecule has 0 unspecified atom stereocenters. The van der Waals surface area contributed by atoms with Gasteiger partial charge < -0.3 is 0 Å². The lowest BCUT2D eigenvalue weighted by molar-refractivity contribution is 1.42. The molecule has 0 amide bonds. The summed E-state index contributed by atoms with van der Waals surface area (Å²) >= 11 is 6.29. The van der Waals surface area contributed by atoms with E-state index in [9.17, 15) is 0 Å². The molecule has 0 saturated heterocycles. The molecule has 0 aromatic carbocycles. The van der Waals surface area contributed by atoms with Crippen LogP contribution in [0.1, 0.15) is 20.8 Å². The van der Waals surface area contributed by atoms with Crippen LogP contribution in [0.5, 0.6) is 0 Å². The van der Waals surface area contributed by atoms with Gasteiger partial charge in [-0.1, -0.05) is 30.5 Å². The van der Waals surface area contributed by atoms with Crippen molar-refractivity contribution in [2.75, 3.05) is 0 Å². The van der Waals surface area contributed by atoms with Gasteiger partial charge in [0.1, 0.15) is 0 Å². The first kappa shape index (κ1) is 9.99. The second kappa shape index (κ2) is 4.75. The minimum atomic E-state index is -1.61. The zero-order chi connectivity index (χ0) is 8.04. The average Bonchev–Trinajstić information content (AvgIpc) is 1.89. The van der Waals surface area contributed by atoms with Gasteiger partial charge in [-0.3, -0.25) is 0 Å². The summed E-state index contributed by atoms with van der Waals surface area (Å²) in [5.41, 5.74) is 4.29. The summed E-state index contributed by atoms with van der Waals surface area (Å²) in [6.07, 6.45) is 4.09. The molecule has 0 saturated carbocycles. The normalized spacial score (nSPS) is 18.4. The standard InChI is InChI=1S/C8H15ClSi/c1-4-7-10(9,6-3)8-5-2/h4-5,7-8H,6H2,1-3H3. The fourth-order valence-electron chi connectivity index (χ4n) is 0.845. The van der Waals surface area contributed by atoms with Crippen molar-refractivity contribution in [2.45, 2.75) is 26.8 Å². The lowest BCUT2D eigenvalue weighted by Gasteiger charge is -2.11. The van der Waals surface area contributed by atoms with Gasteiger partial charge in [-0.25, -0.2) is 0 Å². The molecule has 2 heteroatoms. The lowest BCUT2D eigenvalue weighted by Crippen LogP contribution is -2.19. The van der Waals surface area contributed by atoms with Gasteiger partial charge in [0.25, 0.3) is 0 Å². The van der Waals surface area contributed by atoms with Gasteiger partial charge in [-0.2, -0.15) is 11.1 Å². The third-order valence-electron chi connectivity index (χ3n) is 1.43. The number of allylic oxidation sites excluding steroid dienone is 2. The molecule has 0 aliphatic carbocycles. The summed E-state index contributed by atoms with van der Waals surface area (Å²) in [4.78, 5) is 0. The van der Waals surface area contributed by atoms with E-state index in [0.29, 0.717) is 0 Å². The molecule has 0 rings (SSSR count). The number of hydrogen-bond donors (Lipinski definition) is 0. The van der Waals surface area contributed by atoms with Gasteiger partial charge in [0, 0.05) is 0 Å². The van der Waals surface area contributed by atoms with E-state index in [2.05, 4.69) is 18.3 Å². The van der Waals surface area contributed by atoms with Crippen LogP contribution in [0.4, 0.5) is 0 Å². The van der Waals surface area contributed by atoms with Crippen LogP contribution in [-0.2, 0) is 0 Å². The molecular formula is C8H15ClSi. The Balaban J connectivity index is 4.22. The maximum atomic E-state index is 6.29. The molecule has 0 aliphatic heterocycles. The van der Waals surface area contributed by atoms with Crippen molar-refractivity contribution in [3.8, 4) is 0 Å². The summed E-state index contributed by atoms with van der Waals surface area (Å²) in [5.74, 6) is 0. The van der Waals surface area contributed by atoms with Crippen molar-refractivity contribution < 1.29 is 0 Å². The minimum absolute atomic E-state index is 1.07. The molecule has 58 valence electrons. The third-order valence-corrected chi connectivity index (χ3v) is 5.85. The summed E-state index contributed by atoms with van der Waals surface area (Å²) in [6, 6.07) is 1.07. The van der Waals surface area contributed by atoms with E-state index in [1.54, 1.807) is 0 Å².